The van der Waals surface area contributed by atoms with Crippen LogP contribution in [0.5, 0.6) is 11.5 Å². The summed E-state index contributed by atoms with van der Waals surface area (Å²) in [7, 11) is 1.35. The number of anilines is 2. The minimum absolute atomic E-state index is 0.000909. The summed E-state index contributed by atoms with van der Waals surface area (Å²) in [5.41, 5.74) is 2.30. The average Bonchev–Trinajstić information content (AvgIpc) is 3.39. The molecule has 9 nitrogen and oxygen atoms in total. The molecule has 0 bridgehead atoms. The number of hydrogen-bond donors (Lipinski definition) is 1. The van der Waals surface area contributed by atoms with E-state index >= 15 is 0 Å². The summed E-state index contributed by atoms with van der Waals surface area (Å²) in [6.07, 6.45) is 6.50. The molecule has 33 heavy (non-hydrogen) atoms. The summed E-state index contributed by atoms with van der Waals surface area (Å²) >= 11 is 0. The third-order valence-electron chi connectivity index (χ3n) is 4.84. The first kappa shape index (κ1) is 21.9. The van der Waals surface area contributed by atoms with Crippen molar-refractivity contribution < 1.29 is 18.7 Å². The van der Waals surface area contributed by atoms with E-state index < -0.39 is 5.82 Å². The van der Waals surface area contributed by atoms with Crippen molar-refractivity contribution >= 4 is 17.4 Å². The second-order valence-electron chi connectivity index (χ2n) is 7.00. The fourth-order valence-corrected chi connectivity index (χ4v) is 3.07. The van der Waals surface area contributed by atoms with Gasteiger partial charge in [0.15, 0.2) is 23.1 Å². The van der Waals surface area contributed by atoms with E-state index in [2.05, 4.69) is 25.5 Å². The predicted molar refractivity (Wildman–Crippen MR) is 119 cm³/mol. The second kappa shape index (κ2) is 9.86. The number of benzene rings is 2. The van der Waals surface area contributed by atoms with Crippen LogP contribution >= 0.6 is 0 Å². The van der Waals surface area contributed by atoms with Crippen LogP contribution in [0.4, 0.5) is 16.0 Å². The molecule has 0 saturated heterocycles. The number of ether oxygens (including phenoxy) is 2. The summed E-state index contributed by atoms with van der Waals surface area (Å²) in [5.74, 6) is 0.0539. The lowest BCUT2D eigenvalue weighted by molar-refractivity contribution is 0.0987. The van der Waals surface area contributed by atoms with Crippen LogP contribution in [0.2, 0.25) is 0 Å². The molecule has 0 aliphatic heterocycles. The molecule has 0 atom stereocenters. The molecule has 0 unspecified atom stereocenters. The monoisotopic (exact) mass is 448 g/mol. The number of hydrogen-bond acceptors (Lipinski definition) is 8. The van der Waals surface area contributed by atoms with Crippen LogP contribution in [0.15, 0.2) is 61.4 Å². The quantitative estimate of drug-likeness (QED) is 0.381. The van der Waals surface area contributed by atoms with Crippen molar-refractivity contribution in [3.05, 3.63) is 78.4 Å². The van der Waals surface area contributed by atoms with E-state index in [0.29, 0.717) is 23.7 Å². The summed E-state index contributed by atoms with van der Waals surface area (Å²) in [6.45, 7) is 1.64. The van der Waals surface area contributed by atoms with Crippen molar-refractivity contribution in [2.24, 2.45) is 0 Å². The van der Waals surface area contributed by atoms with Gasteiger partial charge in [-0.25, -0.2) is 14.4 Å². The van der Waals surface area contributed by atoms with Gasteiger partial charge in [-0.1, -0.05) is 6.92 Å². The Bertz CT molecular complexity index is 1230. The molecule has 168 valence electrons. The Balaban J connectivity index is 1.40. The largest absolute Gasteiger partial charge is 0.494 e. The van der Waals surface area contributed by atoms with E-state index in [-0.39, 0.29) is 23.7 Å². The van der Waals surface area contributed by atoms with Crippen LogP contribution in [0.1, 0.15) is 29.3 Å². The molecule has 0 saturated carbocycles. The number of Topliss-reactive ketones (excluding diaryl/α,β-unsaturated/α-hetero) is 1. The Kier molecular flexibility index (Phi) is 6.53. The fraction of sp³-hybridized carbons (Fsp3) is 0.174. The van der Waals surface area contributed by atoms with Crippen LogP contribution in [-0.2, 0) is 6.61 Å². The van der Waals surface area contributed by atoms with E-state index in [1.54, 1.807) is 24.1 Å². The summed E-state index contributed by atoms with van der Waals surface area (Å²) < 4.78 is 27.1. The molecule has 0 fully saturated rings. The van der Waals surface area contributed by atoms with Gasteiger partial charge in [-0.3, -0.25) is 9.36 Å². The molecule has 4 rings (SSSR count). The summed E-state index contributed by atoms with van der Waals surface area (Å²) in [5, 5.41) is 10.7. The first-order chi connectivity index (χ1) is 16.1. The van der Waals surface area contributed by atoms with E-state index in [0.717, 1.165) is 11.4 Å². The van der Waals surface area contributed by atoms with Gasteiger partial charge in [0.05, 0.1) is 19.5 Å². The van der Waals surface area contributed by atoms with Gasteiger partial charge in [-0.05, 0) is 36.4 Å². The lowest BCUT2D eigenvalue weighted by atomic mass is 10.0. The zero-order chi connectivity index (χ0) is 23.2. The van der Waals surface area contributed by atoms with Gasteiger partial charge in [-0.15, -0.1) is 10.2 Å². The van der Waals surface area contributed by atoms with Gasteiger partial charge in [0, 0.05) is 28.9 Å². The predicted octanol–water partition coefficient (Wildman–Crippen LogP) is 4.12. The van der Waals surface area contributed by atoms with Crippen LogP contribution in [-0.4, -0.2) is 37.6 Å². The standard InChI is InChI=1S/C23H21FN6O3/c1-3-20(31)15-8-16(22(24)21(9-15)32-2)12-33-19-10-25-23(26-11-19)29-17-4-6-18(7-5-17)30-13-27-28-14-30/h4-11,13-14H,3,12H2,1-2H3,(H,25,26,29). The number of rotatable bonds is 9. The fourth-order valence-electron chi connectivity index (χ4n) is 3.07. The van der Waals surface area contributed by atoms with Gasteiger partial charge in [-0.2, -0.15) is 0 Å². The molecule has 0 aliphatic carbocycles. The van der Waals surface area contributed by atoms with Gasteiger partial charge in [0.1, 0.15) is 19.3 Å². The SMILES string of the molecule is CCC(=O)c1cc(COc2cnc(Nc3ccc(-n4cnnc4)cc3)nc2)c(F)c(OC)c1. The minimum atomic E-state index is -0.570. The molecule has 10 heteroatoms. The molecule has 2 heterocycles. The van der Waals surface area contributed by atoms with Crippen molar-refractivity contribution in [1.82, 2.24) is 24.7 Å². The molecular weight excluding hydrogens is 427 g/mol. The van der Waals surface area contributed by atoms with E-state index in [4.69, 9.17) is 9.47 Å². The Morgan fingerprint density at radius 3 is 2.42 bits per heavy atom. The van der Waals surface area contributed by atoms with Gasteiger partial charge < -0.3 is 14.8 Å². The number of ketones is 1. The lowest BCUT2D eigenvalue weighted by Gasteiger charge is -2.12. The molecular formula is C23H21FN6O3. The molecule has 2 aromatic heterocycles. The van der Waals surface area contributed by atoms with Crippen LogP contribution in [0.3, 0.4) is 0 Å². The number of nitrogens with one attached hydrogen (secondary N) is 1. The number of nitrogens with zero attached hydrogens (tertiary/aromatic N) is 5. The molecule has 1 N–H and O–H groups in total. The van der Waals surface area contributed by atoms with Crippen molar-refractivity contribution in [3.63, 3.8) is 0 Å². The number of aromatic nitrogens is 5. The average molecular weight is 448 g/mol. The number of halogens is 1. The Morgan fingerprint density at radius 1 is 1.09 bits per heavy atom. The summed E-state index contributed by atoms with van der Waals surface area (Å²) in [4.78, 5) is 20.5. The van der Waals surface area contributed by atoms with Crippen molar-refractivity contribution in [1.29, 1.82) is 0 Å². The van der Waals surface area contributed by atoms with E-state index in [1.807, 2.05) is 24.3 Å². The second-order valence-corrected chi connectivity index (χ2v) is 7.00. The smallest absolute Gasteiger partial charge is 0.227 e. The highest BCUT2D eigenvalue weighted by Crippen LogP contribution is 2.25. The summed E-state index contributed by atoms with van der Waals surface area (Å²) in [6, 6.07) is 10.4. The first-order valence-electron chi connectivity index (χ1n) is 10.1. The zero-order valence-corrected chi connectivity index (χ0v) is 18.0. The third kappa shape index (κ3) is 5.12. The number of carbonyl (C=O) groups excluding carboxylic acids is 1. The van der Waals surface area contributed by atoms with E-state index in [1.165, 1.54) is 31.6 Å². The highest BCUT2D eigenvalue weighted by molar-refractivity contribution is 5.96. The maximum Gasteiger partial charge on any atom is 0.227 e. The van der Waals surface area contributed by atoms with Gasteiger partial charge >= 0.3 is 0 Å². The maximum atomic E-state index is 14.6. The van der Waals surface area contributed by atoms with E-state index in [9.17, 15) is 9.18 Å². The van der Waals surface area contributed by atoms with Crippen LogP contribution in [0, 0.1) is 5.82 Å². The molecule has 0 spiro atoms. The van der Waals surface area contributed by atoms with Crippen molar-refractivity contribution in [2.45, 2.75) is 20.0 Å². The Labute approximate surface area is 189 Å². The van der Waals surface area contributed by atoms with Crippen LogP contribution in [0.25, 0.3) is 5.69 Å². The molecule has 2 aromatic carbocycles. The van der Waals surface area contributed by atoms with Gasteiger partial charge in [0.25, 0.3) is 0 Å². The minimum Gasteiger partial charge on any atom is -0.494 e. The zero-order valence-electron chi connectivity index (χ0n) is 18.0. The van der Waals surface area contributed by atoms with Crippen molar-refractivity contribution in [3.8, 4) is 17.2 Å². The highest BCUT2D eigenvalue weighted by atomic mass is 19.1. The topological polar surface area (TPSA) is 104 Å². The number of carbonyl (C=O) groups is 1. The lowest BCUT2D eigenvalue weighted by Crippen LogP contribution is -2.06. The normalized spacial score (nSPS) is 10.6. The molecule has 4 aromatic rings. The first-order valence-corrected chi connectivity index (χ1v) is 10.1. The van der Waals surface area contributed by atoms with Crippen molar-refractivity contribution in [2.75, 3.05) is 12.4 Å². The third-order valence-corrected chi connectivity index (χ3v) is 4.84. The van der Waals surface area contributed by atoms with Gasteiger partial charge in [0.2, 0.25) is 5.95 Å². The number of methoxy groups -OCH3 is 1. The highest BCUT2D eigenvalue weighted by Gasteiger charge is 2.15. The molecule has 0 amide bonds. The maximum absolute atomic E-state index is 14.6. The van der Waals surface area contributed by atoms with Crippen LogP contribution < -0.4 is 14.8 Å². The molecule has 0 radical (unpaired) electrons. The Hall–Kier alpha value is -4.34. The molecule has 0 aliphatic rings. The Morgan fingerprint density at radius 2 is 1.79 bits per heavy atom.